The van der Waals surface area contributed by atoms with E-state index in [-0.39, 0.29) is 43.0 Å². The molecule has 7 nitrogen and oxygen atoms in total. The summed E-state index contributed by atoms with van der Waals surface area (Å²) in [4.78, 5) is 42.1. The zero-order chi connectivity index (χ0) is 18.3. The molecule has 1 atom stereocenters. The van der Waals surface area contributed by atoms with Crippen LogP contribution in [0.2, 0.25) is 0 Å². The largest absolute Gasteiger partial charge is 0.326 e. The number of fused-ring (bicyclic) bond motifs is 1. The molecule has 28 heavy (non-hydrogen) atoms. The standard InChI is InChI=1S/C19H18N4O3.2ClH/c20-9-11-5-6-21-15(7-11)12-1-2-14-13(8-12)10-23(19(14)26)16-3-4-17(24)22-18(16)25;;/h1-2,5-8,16H,3-4,9-10,20H2,(H,22,24,25);2*1H. The van der Waals surface area contributed by atoms with E-state index in [0.29, 0.717) is 25.1 Å². The van der Waals surface area contributed by atoms with Crippen LogP contribution in [0.3, 0.4) is 0 Å². The smallest absolute Gasteiger partial charge is 0.255 e. The summed E-state index contributed by atoms with van der Waals surface area (Å²) >= 11 is 0. The van der Waals surface area contributed by atoms with Gasteiger partial charge < -0.3 is 10.6 Å². The highest BCUT2D eigenvalue weighted by Gasteiger charge is 2.39. The Balaban J connectivity index is 0.00000140. The number of piperidine rings is 1. The summed E-state index contributed by atoms with van der Waals surface area (Å²) in [6.07, 6.45) is 2.32. The van der Waals surface area contributed by atoms with Crippen molar-refractivity contribution in [3.63, 3.8) is 0 Å². The van der Waals surface area contributed by atoms with E-state index in [9.17, 15) is 14.4 Å². The van der Waals surface area contributed by atoms with Crippen molar-refractivity contribution in [3.8, 4) is 11.3 Å². The number of nitrogens with zero attached hydrogens (tertiary/aromatic N) is 2. The van der Waals surface area contributed by atoms with Crippen molar-refractivity contribution in [3.05, 3.63) is 53.2 Å². The molecule has 0 spiro atoms. The van der Waals surface area contributed by atoms with Gasteiger partial charge in [-0.05, 0) is 41.8 Å². The van der Waals surface area contributed by atoms with Crippen LogP contribution in [-0.2, 0) is 22.7 Å². The molecule has 0 bridgehead atoms. The molecule has 1 saturated heterocycles. The van der Waals surface area contributed by atoms with Crippen LogP contribution in [0, 0.1) is 0 Å². The van der Waals surface area contributed by atoms with Gasteiger partial charge in [0.15, 0.2) is 0 Å². The Hall–Kier alpha value is -2.48. The van der Waals surface area contributed by atoms with E-state index in [2.05, 4.69) is 10.3 Å². The van der Waals surface area contributed by atoms with Crippen molar-refractivity contribution >= 4 is 42.5 Å². The molecule has 148 valence electrons. The zero-order valence-corrected chi connectivity index (χ0v) is 16.5. The first-order valence-electron chi connectivity index (χ1n) is 8.50. The second-order valence-corrected chi connectivity index (χ2v) is 6.53. The number of hydrogen-bond donors (Lipinski definition) is 2. The molecule has 2 aromatic rings. The molecule has 4 rings (SSSR count). The van der Waals surface area contributed by atoms with Crippen LogP contribution in [0.25, 0.3) is 11.3 Å². The Morgan fingerprint density at radius 2 is 1.93 bits per heavy atom. The van der Waals surface area contributed by atoms with E-state index < -0.39 is 11.9 Å². The molecule has 9 heteroatoms. The highest BCUT2D eigenvalue weighted by atomic mass is 35.5. The molecule has 2 aliphatic heterocycles. The Kier molecular flexibility index (Phi) is 6.77. The van der Waals surface area contributed by atoms with Gasteiger partial charge in [-0.1, -0.05) is 6.07 Å². The number of aromatic nitrogens is 1. The first-order valence-corrected chi connectivity index (χ1v) is 8.50. The second kappa shape index (κ2) is 8.68. The number of carbonyl (C=O) groups is 3. The lowest BCUT2D eigenvalue weighted by molar-refractivity contribution is -0.136. The molecule has 1 fully saturated rings. The number of hydrogen-bond acceptors (Lipinski definition) is 5. The number of amides is 3. The molecule has 3 heterocycles. The van der Waals surface area contributed by atoms with Gasteiger partial charge in [-0.25, -0.2) is 0 Å². The van der Waals surface area contributed by atoms with Crippen LogP contribution in [0.15, 0.2) is 36.5 Å². The van der Waals surface area contributed by atoms with E-state index in [0.717, 1.165) is 22.4 Å². The van der Waals surface area contributed by atoms with Gasteiger partial charge in [0.05, 0.1) is 5.69 Å². The number of nitrogens with one attached hydrogen (secondary N) is 1. The lowest BCUT2D eigenvalue weighted by Crippen LogP contribution is -2.52. The fourth-order valence-corrected chi connectivity index (χ4v) is 3.49. The predicted octanol–water partition coefficient (Wildman–Crippen LogP) is 1.81. The number of carbonyl (C=O) groups excluding carboxylic acids is 3. The summed E-state index contributed by atoms with van der Waals surface area (Å²) in [5, 5.41) is 2.31. The van der Waals surface area contributed by atoms with Crippen molar-refractivity contribution in [1.82, 2.24) is 15.2 Å². The number of nitrogens with two attached hydrogens (primary N) is 1. The van der Waals surface area contributed by atoms with Crippen molar-refractivity contribution in [2.75, 3.05) is 0 Å². The molecule has 3 N–H and O–H groups in total. The lowest BCUT2D eigenvalue weighted by atomic mass is 10.0. The van der Waals surface area contributed by atoms with Crippen LogP contribution in [0.5, 0.6) is 0 Å². The molecule has 1 aromatic carbocycles. The lowest BCUT2D eigenvalue weighted by Gasteiger charge is -2.29. The predicted molar refractivity (Wildman–Crippen MR) is 108 cm³/mol. The van der Waals surface area contributed by atoms with Gasteiger partial charge in [0.1, 0.15) is 6.04 Å². The van der Waals surface area contributed by atoms with Crippen LogP contribution >= 0.6 is 24.8 Å². The van der Waals surface area contributed by atoms with Crippen LogP contribution < -0.4 is 11.1 Å². The number of rotatable bonds is 3. The van der Waals surface area contributed by atoms with Gasteiger partial charge in [0, 0.05) is 36.8 Å². The normalized spacial score (nSPS) is 18.1. The molecule has 0 aliphatic carbocycles. The van der Waals surface area contributed by atoms with Crippen LogP contribution in [0.4, 0.5) is 0 Å². The number of imide groups is 1. The molecule has 2 aliphatic rings. The van der Waals surface area contributed by atoms with Crippen LogP contribution in [-0.4, -0.2) is 33.6 Å². The third-order valence-corrected chi connectivity index (χ3v) is 4.88. The SMILES string of the molecule is Cl.Cl.NCc1ccnc(-c2ccc3c(c2)CN(C2CCC(=O)NC2=O)C3=O)c1. The molecule has 1 unspecified atom stereocenters. The first kappa shape index (κ1) is 21.8. The van der Waals surface area contributed by atoms with Gasteiger partial charge in [0.25, 0.3) is 5.91 Å². The summed E-state index contributed by atoms with van der Waals surface area (Å²) in [5.41, 5.74) is 9.81. The van der Waals surface area contributed by atoms with Gasteiger partial charge in [-0.2, -0.15) is 0 Å². The Morgan fingerprint density at radius 3 is 2.64 bits per heavy atom. The second-order valence-electron chi connectivity index (χ2n) is 6.53. The topological polar surface area (TPSA) is 105 Å². The van der Waals surface area contributed by atoms with Crippen molar-refractivity contribution in [2.45, 2.75) is 32.0 Å². The monoisotopic (exact) mass is 422 g/mol. The van der Waals surface area contributed by atoms with E-state index in [4.69, 9.17) is 5.73 Å². The molecule has 0 saturated carbocycles. The average molecular weight is 423 g/mol. The van der Waals surface area contributed by atoms with E-state index in [1.54, 1.807) is 17.2 Å². The van der Waals surface area contributed by atoms with E-state index in [1.807, 2.05) is 24.3 Å². The van der Waals surface area contributed by atoms with Gasteiger partial charge in [-0.3, -0.25) is 24.7 Å². The third kappa shape index (κ3) is 3.87. The number of pyridine rings is 1. The summed E-state index contributed by atoms with van der Waals surface area (Å²) in [7, 11) is 0. The fraction of sp³-hybridized carbons (Fsp3) is 0.263. The third-order valence-electron chi connectivity index (χ3n) is 4.88. The highest BCUT2D eigenvalue weighted by Crippen LogP contribution is 2.30. The van der Waals surface area contributed by atoms with Crippen molar-refractivity contribution in [1.29, 1.82) is 0 Å². The summed E-state index contributed by atoms with van der Waals surface area (Å²) < 4.78 is 0. The first-order chi connectivity index (χ1) is 12.6. The molecule has 1 aromatic heterocycles. The average Bonchev–Trinajstić information content (AvgIpc) is 2.98. The van der Waals surface area contributed by atoms with Gasteiger partial charge >= 0.3 is 0 Å². The Morgan fingerprint density at radius 1 is 1.14 bits per heavy atom. The van der Waals surface area contributed by atoms with Crippen molar-refractivity contribution in [2.24, 2.45) is 5.73 Å². The minimum absolute atomic E-state index is 0. The molecule has 3 amide bonds. The maximum absolute atomic E-state index is 12.7. The number of benzene rings is 1. The molecular weight excluding hydrogens is 403 g/mol. The Labute approximate surface area is 174 Å². The maximum atomic E-state index is 12.7. The highest BCUT2D eigenvalue weighted by molar-refractivity contribution is 6.05. The molecule has 0 radical (unpaired) electrons. The van der Waals surface area contributed by atoms with Gasteiger partial charge in [-0.15, -0.1) is 24.8 Å². The van der Waals surface area contributed by atoms with E-state index in [1.165, 1.54) is 0 Å². The summed E-state index contributed by atoms with van der Waals surface area (Å²) in [6, 6.07) is 8.75. The van der Waals surface area contributed by atoms with Crippen LogP contribution in [0.1, 0.15) is 34.3 Å². The minimum Gasteiger partial charge on any atom is -0.326 e. The minimum atomic E-state index is -0.602. The fourth-order valence-electron chi connectivity index (χ4n) is 3.49. The quantitative estimate of drug-likeness (QED) is 0.733. The van der Waals surface area contributed by atoms with E-state index >= 15 is 0 Å². The molecular formula is C19H20Cl2N4O3. The zero-order valence-electron chi connectivity index (χ0n) is 14.9. The Bertz CT molecular complexity index is 935. The summed E-state index contributed by atoms with van der Waals surface area (Å²) in [6.45, 7) is 0.785. The van der Waals surface area contributed by atoms with Crippen molar-refractivity contribution < 1.29 is 14.4 Å². The maximum Gasteiger partial charge on any atom is 0.255 e. The number of halogens is 2. The summed E-state index contributed by atoms with van der Waals surface area (Å²) in [5.74, 6) is -0.867. The van der Waals surface area contributed by atoms with Gasteiger partial charge in [0.2, 0.25) is 11.8 Å².